The van der Waals surface area contributed by atoms with Gasteiger partial charge in [0, 0.05) is 29.6 Å². The number of hydrogen-bond acceptors (Lipinski definition) is 7. The number of ether oxygens (including phenoxy) is 1. The van der Waals surface area contributed by atoms with Crippen LogP contribution in [0.3, 0.4) is 0 Å². The number of fused-ring (bicyclic) bond motifs is 4. The molecule has 7 nitrogen and oxygen atoms in total. The van der Waals surface area contributed by atoms with Crippen LogP contribution in [-0.4, -0.2) is 29.1 Å². The zero-order chi connectivity index (χ0) is 18.1. The first kappa shape index (κ1) is 15.2. The van der Waals surface area contributed by atoms with E-state index in [4.69, 9.17) is 26.2 Å². The molecule has 1 saturated heterocycles. The Morgan fingerprint density at radius 1 is 0.846 bits per heavy atom. The molecule has 132 valence electrons. The number of nitrogens with two attached hydrogens (primary N) is 2. The Hall–Kier alpha value is -3.06. The molecule has 0 bridgehead atoms. The van der Waals surface area contributed by atoms with E-state index in [-0.39, 0.29) is 11.5 Å². The second-order valence-electron chi connectivity index (χ2n) is 6.87. The highest BCUT2D eigenvalue weighted by atomic mass is 16.5. The van der Waals surface area contributed by atoms with Crippen molar-refractivity contribution in [3.63, 3.8) is 0 Å². The number of rotatable bonds is 0. The third-order valence-corrected chi connectivity index (χ3v) is 5.33. The fourth-order valence-corrected chi connectivity index (χ4v) is 4.00. The van der Waals surface area contributed by atoms with E-state index < -0.39 is 5.66 Å². The normalized spacial score (nSPS) is 18.0. The maximum Gasteiger partial charge on any atom is 0.156 e. The molecule has 0 unspecified atom stereocenters. The molecule has 1 fully saturated rings. The minimum absolute atomic E-state index is 0.0106. The Bertz CT molecular complexity index is 1210. The second kappa shape index (κ2) is 4.98. The lowest BCUT2D eigenvalue weighted by atomic mass is 9.97. The maximum absolute atomic E-state index is 11.0. The number of nitrogen functional groups attached to an aromatic ring is 2. The number of phenolic OH excluding ortho intramolecular Hbond substituents is 2. The van der Waals surface area contributed by atoms with E-state index in [9.17, 15) is 10.2 Å². The summed E-state index contributed by atoms with van der Waals surface area (Å²) in [5, 5.41) is 24.8. The van der Waals surface area contributed by atoms with Crippen molar-refractivity contribution >= 4 is 32.9 Å². The number of anilines is 2. The van der Waals surface area contributed by atoms with Crippen LogP contribution in [0, 0.1) is 0 Å². The molecule has 0 radical (unpaired) electrons. The monoisotopic (exact) mass is 350 g/mol. The van der Waals surface area contributed by atoms with E-state index >= 15 is 0 Å². The molecule has 2 aliphatic heterocycles. The van der Waals surface area contributed by atoms with Crippen molar-refractivity contribution in [2.75, 3.05) is 24.7 Å². The number of aromatic hydroxyl groups is 2. The number of benzene rings is 3. The average Bonchev–Trinajstić information content (AvgIpc) is 2.98. The van der Waals surface area contributed by atoms with Crippen LogP contribution in [0.15, 0.2) is 34.3 Å². The highest BCUT2D eigenvalue weighted by Crippen LogP contribution is 2.45. The van der Waals surface area contributed by atoms with Gasteiger partial charge in [0.2, 0.25) is 0 Å². The zero-order valence-electron chi connectivity index (χ0n) is 14.0. The van der Waals surface area contributed by atoms with E-state index in [0.717, 1.165) is 0 Å². The lowest BCUT2D eigenvalue weighted by Gasteiger charge is -2.27. The van der Waals surface area contributed by atoms with E-state index in [1.807, 2.05) is 6.07 Å². The summed E-state index contributed by atoms with van der Waals surface area (Å²) >= 11 is 0. The van der Waals surface area contributed by atoms with Crippen molar-refractivity contribution in [3.05, 3.63) is 35.0 Å². The van der Waals surface area contributed by atoms with Gasteiger partial charge in [-0.2, -0.15) is 0 Å². The molecule has 0 aliphatic carbocycles. The Morgan fingerprint density at radius 3 is 2.19 bits per heavy atom. The highest BCUT2D eigenvalue weighted by Gasteiger charge is 2.34. The molecule has 3 aromatic carbocycles. The molecule has 2 heterocycles. The van der Waals surface area contributed by atoms with Crippen LogP contribution in [0.2, 0.25) is 0 Å². The Kier molecular flexibility index (Phi) is 2.92. The minimum atomic E-state index is -0.548. The smallest absolute Gasteiger partial charge is 0.156 e. The molecule has 26 heavy (non-hydrogen) atoms. The van der Waals surface area contributed by atoms with Gasteiger partial charge < -0.3 is 26.4 Å². The number of hydrogen-bond donors (Lipinski definition) is 4. The molecule has 0 saturated carbocycles. The van der Waals surface area contributed by atoms with Crippen molar-refractivity contribution in [2.45, 2.75) is 18.5 Å². The molecule has 5 rings (SSSR count). The van der Waals surface area contributed by atoms with Crippen molar-refractivity contribution in [1.29, 1.82) is 0 Å². The van der Waals surface area contributed by atoms with Gasteiger partial charge in [0.05, 0.1) is 40.1 Å². The molecular formula is C19H18N4O3. The Morgan fingerprint density at radius 2 is 1.50 bits per heavy atom. The topological polar surface area (TPSA) is 126 Å². The Labute approximate surface area is 148 Å². The molecule has 0 aromatic heterocycles. The predicted octanol–water partition coefficient (Wildman–Crippen LogP) is 1.33. The lowest BCUT2D eigenvalue weighted by molar-refractivity contribution is 0.0566. The van der Waals surface area contributed by atoms with Gasteiger partial charge in [0.25, 0.3) is 0 Å². The van der Waals surface area contributed by atoms with Crippen LogP contribution < -0.4 is 22.2 Å². The summed E-state index contributed by atoms with van der Waals surface area (Å²) in [7, 11) is 0. The first-order valence-electron chi connectivity index (χ1n) is 8.52. The maximum atomic E-state index is 11.0. The van der Waals surface area contributed by atoms with Crippen LogP contribution in [-0.2, 0) is 4.74 Å². The van der Waals surface area contributed by atoms with Crippen LogP contribution in [0.4, 0.5) is 11.4 Å². The van der Waals surface area contributed by atoms with Crippen molar-refractivity contribution < 1.29 is 14.9 Å². The summed E-state index contributed by atoms with van der Waals surface area (Å²) < 4.78 is 5.43. The first-order chi connectivity index (χ1) is 12.5. The SMILES string of the molecule is Nc1ccc(N)c2c(O)c3c4c(ccc3c(O)c12)=NC1(CCOCC1)N=4. The standard InChI is InChI=1S/C19H18N4O3/c20-10-2-3-11(21)15-14(10)17(24)9-1-4-12-16(13(9)18(15)25)23-19(22-12)5-7-26-8-6-19/h1-4,24-25H,5-8,20-21H2. The third-order valence-electron chi connectivity index (χ3n) is 5.33. The van der Waals surface area contributed by atoms with Crippen molar-refractivity contribution in [2.24, 2.45) is 9.98 Å². The van der Waals surface area contributed by atoms with Gasteiger partial charge in [-0.05, 0) is 24.3 Å². The molecule has 0 amide bonds. The number of phenols is 2. The van der Waals surface area contributed by atoms with Crippen LogP contribution in [0.25, 0.3) is 21.5 Å². The van der Waals surface area contributed by atoms with Gasteiger partial charge in [0.1, 0.15) is 11.5 Å². The fourth-order valence-electron chi connectivity index (χ4n) is 4.00. The summed E-state index contributed by atoms with van der Waals surface area (Å²) in [4.78, 5) is 9.63. The minimum Gasteiger partial charge on any atom is -0.507 e. The molecule has 1 spiro atoms. The summed E-state index contributed by atoms with van der Waals surface area (Å²) in [5.74, 6) is -0.0407. The molecule has 3 aromatic rings. The third kappa shape index (κ3) is 1.86. The lowest BCUT2D eigenvalue weighted by Crippen LogP contribution is -2.31. The van der Waals surface area contributed by atoms with Crippen LogP contribution in [0.1, 0.15) is 12.8 Å². The fraction of sp³-hybridized carbons (Fsp3) is 0.263. The van der Waals surface area contributed by atoms with E-state index in [1.54, 1.807) is 18.2 Å². The summed E-state index contributed by atoms with van der Waals surface area (Å²) in [6.45, 7) is 1.20. The van der Waals surface area contributed by atoms with Crippen LogP contribution in [0.5, 0.6) is 11.5 Å². The Balaban J connectivity index is 1.97. The van der Waals surface area contributed by atoms with Gasteiger partial charge in [-0.15, -0.1) is 0 Å². The summed E-state index contributed by atoms with van der Waals surface area (Å²) in [6, 6.07) is 6.79. The molecule has 7 heteroatoms. The van der Waals surface area contributed by atoms with Gasteiger partial charge in [0.15, 0.2) is 5.66 Å². The first-order valence-corrected chi connectivity index (χ1v) is 8.52. The molecule has 6 N–H and O–H groups in total. The molecular weight excluding hydrogens is 332 g/mol. The van der Waals surface area contributed by atoms with Crippen LogP contribution >= 0.6 is 0 Å². The van der Waals surface area contributed by atoms with Gasteiger partial charge in [-0.25, -0.2) is 0 Å². The quantitative estimate of drug-likeness (QED) is 0.276. The molecule has 2 aliphatic rings. The summed E-state index contributed by atoms with van der Waals surface area (Å²) in [6.07, 6.45) is 1.39. The number of nitrogens with zero attached hydrogens (tertiary/aromatic N) is 2. The second-order valence-corrected chi connectivity index (χ2v) is 6.87. The van der Waals surface area contributed by atoms with E-state index in [2.05, 4.69) is 0 Å². The van der Waals surface area contributed by atoms with Gasteiger partial charge in [-0.3, -0.25) is 9.98 Å². The van der Waals surface area contributed by atoms with Crippen molar-refractivity contribution in [3.8, 4) is 11.5 Å². The van der Waals surface area contributed by atoms with E-state index in [1.165, 1.54) is 0 Å². The largest absolute Gasteiger partial charge is 0.507 e. The van der Waals surface area contributed by atoms with Crippen molar-refractivity contribution in [1.82, 2.24) is 0 Å². The highest BCUT2D eigenvalue weighted by molar-refractivity contribution is 6.17. The van der Waals surface area contributed by atoms with E-state index in [0.29, 0.717) is 69.7 Å². The zero-order valence-corrected chi connectivity index (χ0v) is 14.0. The average molecular weight is 350 g/mol. The summed E-state index contributed by atoms with van der Waals surface area (Å²) in [5.41, 5.74) is 12.2. The van der Waals surface area contributed by atoms with Gasteiger partial charge in [-0.1, -0.05) is 0 Å². The van der Waals surface area contributed by atoms with Gasteiger partial charge >= 0.3 is 0 Å². The predicted molar refractivity (Wildman–Crippen MR) is 98.7 cm³/mol. The molecule has 0 atom stereocenters.